The minimum Gasteiger partial charge on any atom is -0.465 e. The number of esters is 1. The van der Waals surface area contributed by atoms with Crippen molar-refractivity contribution in [3.05, 3.63) is 12.2 Å². The van der Waals surface area contributed by atoms with E-state index in [9.17, 15) is 14.4 Å². The molecule has 8 heteroatoms. The number of imide groups is 1. The van der Waals surface area contributed by atoms with Crippen molar-refractivity contribution in [1.82, 2.24) is 4.90 Å². The lowest BCUT2D eigenvalue weighted by atomic mass is 9.85. The minimum atomic E-state index is -0.853. The molecule has 8 nitrogen and oxygen atoms in total. The molecule has 0 aromatic rings. The number of nitrogens with zero attached hydrogens (tertiary/aromatic N) is 1. The fourth-order valence-corrected chi connectivity index (χ4v) is 4.01. The SMILES string of the molecule is CC1(C)OCC(C)(C(=O)OCCCN2C(=O)[C@@H]3[C@H](C2=O)[C@H]2C=C[C@@H]3O2)CO1. The fourth-order valence-electron chi connectivity index (χ4n) is 4.01. The molecule has 4 aliphatic heterocycles. The Hall–Kier alpha value is -1.77. The summed E-state index contributed by atoms with van der Waals surface area (Å²) in [5.74, 6) is -2.26. The van der Waals surface area contributed by atoms with Gasteiger partial charge in [0.1, 0.15) is 5.41 Å². The Morgan fingerprint density at radius 2 is 1.67 bits per heavy atom. The van der Waals surface area contributed by atoms with E-state index >= 15 is 0 Å². The molecule has 3 fully saturated rings. The molecule has 2 amide bonds. The summed E-state index contributed by atoms with van der Waals surface area (Å²) in [6.07, 6.45) is 3.55. The lowest BCUT2D eigenvalue weighted by Crippen LogP contribution is -2.49. The molecule has 4 atom stereocenters. The molecule has 0 radical (unpaired) electrons. The van der Waals surface area contributed by atoms with Gasteiger partial charge in [-0.15, -0.1) is 0 Å². The third kappa shape index (κ3) is 3.09. The molecule has 4 rings (SSSR count). The highest BCUT2D eigenvalue weighted by Gasteiger charge is 2.60. The zero-order valence-electron chi connectivity index (χ0n) is 15.8. The van der Waals surface area contributed by atoms with Crippen molar-refractivity contribution >= 4 is 17.8 Å². The van der Waals surface area contributed by atoms with Crippen LogP contribution < -0.4 is 0 Å². The molecule has 3 saturated heterocycles. The minimum absolute atomic E-state index is 0.131. The van der Waals surface area contributed by atoms with Gasteiger partial charge >= 0.3 is 5.97 Å². The Bertz CT molecular complexity index is 660. The molecule has 148 valence electrons. The molecular formula is C19H25NO7. The fraction of sp³-hybridized carbons (Fsp3) is 0.737. The number of carbonyl (C=O) groups excluding carboxylic acids is 3. The maximum atomic E-state index is 12.5. The van der Waals surface area contributed by atoms with Crippen LogP contribution in [0.3, 0.4) is 0 Å². The van der Waals surface area contributed by atoms with E-state index in [2.05, 4.69) is 0 Å². The first-order valence-corrected chi connectivity index (χ1v) is 9.36. The highest BCUT2D eigenvalue weighted by atomic mass is 16.7. The van der Waals surface area contributed by atoms with E-state index in [1.165, 1.54) is 4.90 Å². The van der Waals surface area contributed by atoms with Gasteiger partial charge in [0.05, 0.1) is 43.9 Å². The van der Waals surface area contributed by atoms with E-state index in [0.29, 0.717) is 6.42 Å². The zero-order valence-corrected chi connectivity index (χ0v) is 15.8. The van der Waals surface area contributed by atoms with E-state index in [4.69, 9.17) is 18.9 Å². The van der Waals surface area contributed by atoms with E-state index in [-0.39, 0.29) is 50.4 Å². The van der Waals surface area contributed by atoms with Gasteiger partial charge in [-0.2, -0.15) is 0 Å². The normalized spacial score (nSPS) is 35.6. The number of carbonyl (C=O) groups is 3. The summed E-state index contributed by atoms with van der Waals surface area (Å²) in [5.41, 5.74) is -0.853. The molecule has 4 aliphatic rings. The van der Waals surface area contributed by atoms with Crippen LogP contribution in [0.5, 0.6) is 0 Å². The van der Waals surface area contributed by atoms with E-state index in [1.54, 1.807) is 20.8 Å². The van der Waals surface area contributed by atoms with Crippen LogP contribution in [0.1, 0.15) is 27.2 Å². The number of rotatable bonds is 5. The number of likely N-dealkylation sites (tertiary alicyclic amines) is 1. The number of ether oxygens (including phenoxy) is 4. The highest BCUT2D eigenvalue weighted by Crippen LogP contribution is 2.45. The Morgan fingerprint density at radius 1 is 1.11 bits per heavy atom. The predicted molar refractivity (Wildman–Crippen MR) is 91.2 cm³/mol. The Balaban J connectivity index is 1.25. The first-order valence-electron chi connectivity index (χ1n) is 9.36. The summed E-state index contributed by atoms with van der Waals surface area (Å²) in [5, 5.41) is 0. The molecule has 27 heavy (non-hydrogen) atoms. The molecule has 0 N–H and O–H groups in total. The summed E-state index contributed by atoms with van der Waals surface area (Å²) < 4.78 is 22.0. The number of amides is 2. The maximum Gasteiger partial charge on any atom is 0.316 e. The standard InChI is InChI=1S/C19H25NO7/c1-18(2)25-9-19(3,10-26-18)17(23)24-8-4-7-20-15(21)13-11-5-6-12(27-11)14(13)16(20)22/h5-6,11-14H,4,7-10H2,1-3H3/t11-,12+,13-,14+. The quantitative estimate of drug-likeness (QED) is 0.300. The molecule has 0 unspecified atom stereocenters. The first kappa shape index (κ1) is 18.6. The van der Waals surface area contributed by atoms with Crippen molar-refractivity contribution in [2.24, 2.45) is 17.3 Å². The molecule has 0 aromatic heterocycles. The molecule has 2 bridgehead atoms. The van der Waals surface area contributed by atoms with Gasteiger partial charge < -0.3 is 18.9 Å². The van der Waals surface area contributed by atoms with Gasteiger partial charge in [-0.3, -0.25) is 19.3 Å². The van der Waals surface area contributed by atoms with Crippen LogP contribution >= 0.6 is 0 Å². The molecule has 4 heterocycles. The Kier molecular flexibility index (Phi) is 4.40. The van der Waals surface area contributed by atoms with Gasteiger partial charge in [-0.25, -0.2) is 0 Å². The van der Waals surface area contributed by atoms with Crippen LogP contribution in [0, 0.1) is 17.3 Å². The number of hydrogen-bond donors (Lipinski definition) is 0. The average molecular weight is 379 g/mol. The van der Waals surface area contributed by atoms with Crippen molar-refractivity contribution in [3.63, 3.8) is 0 Å². The van der Waals surface area contributed by atoms with Gasteiger partial charge in [0.2, 0.25) is 11.8 Å². The van der Waals surface area contributed by atoms with Crippen LogP contribution in [-0.4, -0.2) is 67.0 Å². The summed E-state index contributed by atoms with van der Waals surface area (Å²) >= 11 is 0. The van der Waals surface area contributed by atoms with Gasteiger partial charge in [0.15, 0.2) is 5.79 Å². The largest absolute Gasteiger partial charge is 0.465 e. The van der Waals surface area contributed by atoms with Crippen molar-refractivity contribution < 1.29 is 33.3 Å². The summed E-state index contributed by atoms with van der Waals surface area (Å²) in [7, 11) is 0. The van der Waals surface area contributed by atoms with Crippen molar-refractivity contribution in [3.8, 4) is 0 Å². The molecule has 0 saturated carbocycles. The monoisotopic (exact) mass is 379 g/mol. The molecular weight excluding hydrogens is 354 g/mol. The Labute approximate surface area is 157 Å². The smallest absolute Gasteiger partial charge is 0.316 e. The second-order valence-corrected chi connectivity index (χ2v) is 8.36. The van der Waals surface area contributed by atoms with E-state index in [1.807, 2.05) is 12.2 Å². The van der Waals surface area contributed by atoms with Gasteiger partial charge in [-0.1, -0.05) is 12.2 Å². The topological polar surface area (TPSA) is 91.4 Å². The van der Waals surface area contributed by atoms with Crippen molar-refractivity contribution in [2.75, 3.05) is 26.4 Å². The second kappa shape index (κ2) is 6.39. The van der Waals surface area contributed by atoms with Gasteiger partial charge in [-0.05, 0) is 27.2 Å². The van der Waals surface area contributed by atoms with Crippen LogP contribution in [0.2, 0.25) is 0 Å². The third-order valence-corrected chi connectivity index (χ3v) is 5.73. The van der Waals surface area contributed by atoms with Crippen LogP contribution in [-0.2, 0) is 33.3 Å². The lowest BCUT2D eigenvalue weighted by Gasteiger charge is -2.39. The van der Waals surface area contributed by atoms with Gasteiger partial charge in [0, 0.05) is 6.54 Å². The third-order valence-electron chi connectivity index (χ3n) is 5.73. The van der Waals surface area contributed by atoms with E-state index < -0.39 is 29.0 Å². The van der Waals surface area contributed by atoms with Gasteiger partial charge in [0.25, 0.3) is 0 Å². The Morgan fingerprint density at radius 3 is 2.22 bits per heavy atom. The number of fused-ring (bicyclic) bond motifs is 5. The summed E-state index contributed by atoms with van der Waals surface area (Å²) in [6.45, 7) is 6.15. The van der Waals surface area contributed by atoms with Crippen LogP contribution in [0.15, 0.2) is 12.2 Å². The van der Waals surface area contributed by atoms with Crippen LogP contribution in [0.25, 0.3) is 0 Å². The average Bonchev–Trinajstić information content (AvgIpc) is 3.30. The predicted octanol–water partition coefficient (Wildman–Crippen LogP) is 0.647. The second-order valence-electron chi connectivity index (χ2n) is 8.36. The molecule has 0 spiro atoms. The van der Waals surface area contributed by atoms with Crippen LogP contribution in [0.4, 0.5) is 0 Å². The van der Waals surface area contributed by atoms with E-state index in [0.717, 1.165) is 0 Å². The highest BCUT2D eigenvalue weighted by molar-refractivity contribution is 6.06. The molecule has 0 aromatic carbocycles. The first-order chi connectivity index (χ1) is 12.7. The summed E-state index contributed by atoms with van der Waals surface area (Å²) in [6, 6.07) is 0. The molecule has 0 aliphatic carbocycles. The van der Waals surface area contributed by atoms with Crippen molar-refractivity contribution in [1.29, 1.82) is 0 Å². The lowest BCUT2D eigenvalue weighted by molar-refractivity contribution is -0.281. The maximum absolute atomic E-state index is 12.5. The number of hydrogen-bond acceptors (Lipinski definition) is 7. The zero-order chi connectivity index (χ0) is 19.4. The summed E-state index contributed by atoms with van der Waals surface area (Å²) in [4.78, 5) is 38.7. The van der Waals surface area contributed by atoms with Crippen molar-refractivity contribution in [2.45, 2.75) is 45.2 Å².